The van der Waals surface area contributed by atoms with Gasteiger partial charge in [-0.05, 0) is 36.9 Å². The first-order valence-corrected chi connectivity index (χ1v) is 8.22. The standard InChI is InChI=1S/C14H15FN2S2/c1-16-14(10-2-4-17-7-11(10)15)13-6-9-8-18-5-3-12(9)19-13/h2,4,6-7,14,16H,3,5,8H2,1H3. The zero-order valence-corrected chi connectivity index (χ0v) is 12.3. The average molecular weight is 294 g/mol. The molecule has 1 unspecified atom stereocenters. The molecule has 0 aliphatic carbocycles. The Kier molecular flexibility index (Phi) is 3.86. The van der Waals surface area contributed by atoms with Gasteiger partial charge in [0, 0.05) is 27.3 Å². The molecule has 2 aromatic heterocycles. The lowest BCUT2D eigenvalue weighted by Crippen LogP contribution is -2.17. The topological polar surface area (TPSA) is 24.9 Å². The Balaban J connectivity index is 1.98. The van der Waals surface area contributed by atoms with Crippen LogP contribution in [0.2, 0.25) is 0 Å². The van der Waals surface area contributed by atoms with Crippen LogP contribution in [0.5, 0.6) is 0 Å². The Hall–Kier alpha value is -0.910. The monoisotopic (exact) mass is 294 g/mol. The molecule has 5 heteroatoms. The number of aryl methyl sites for hydroxylation is 1. The molecule has 2 aromatic rings. The lowest BCUT2D eigenvalue weighted by molar-refractivity contribution is 0.573. The maximum atomic E-state index is 13.9. The third-order valence-corrected chi connectivity index (χ3v) is 5.64. The van der Waals surface area contributed by atoms with E-state index in [1.807, 2.05) is 30.1 Å². The van der Waals surface area contributed by atoms with Crippen molar-refractivity contribution in [3.8, 4) is 0 Å². The number of nitrogens with zero attached hydrogens (tertiary/aromatic N) is 1. The molecule has 1 N–H and O–H groups in total. The van der Waals surface area contributed by atoms with E-state index >= 15 is 0 Å². The molecule has 1 atom stereocenters. The van der Waals surface area contributed by atoms with Gasteiger partial charge in [0.05, 0.1) is 12.2 Å². The Morgan fingerprint density at radius 1 is 1.47 bits per heavy atom. The Morgan fingerprint density at radius 2 is 2.37 bits per heavy atom. The van der Waals surface area contributed by atoms with Gasteiger partial charge < -0.3 is 5.32 Å². The first kappa shape index (κ1) is 13.1. The summed E-state index contributed by atoms with van der Waals surface area (Å²) in [5, 5.41) is 3.22. The van der Waals surface area contributed by atoms with E-state index in [-0.39, 0.29) is 11.9 Å². The van der Waals surface area contributed by atoms with Crippen molar-refractivity contribution >= 4 is 23.1 Å². The van der Waals surface area contributed by atoms with Crippen molar-refractivity contribution in [2.45, 2.75) is 18.2 Å². The van der Waals surface area contributed by atoms with Gasteiger partial charge in [0.2, 0.25) is 0 Å². The quantitative estimate of drug-likeness (QED) is 0.939. The van der Waals surface area contributed by atoms with Crippen LogP contribution in [-0.4, -0.2) is 17.8 Å². The Labute approximate surface area is 120 Å². The number of halogens is 1. The highest BCUT2D eigenvalue weighted by Gasteiger charge is 2.21. The average Bonchev–Trinajstić information content (AvgIpc) is 2.85. The molecule has 0 radical (unpaired) electrons. The van der Waals surface area contributed by atoms with Crippen LogP contribution in [0.4, 0.5) is 4.39 Å². The number of hydrogen-bond acceptors (Lipinski definition) is 4. The van der Waals surface area contributed by atoms with Gasteiger partial charge >= 0.3 is 0 Å². The summed E-state index contributed by atoms with van der Waals surface area (Å²) in [4.78, 5) is 6.47. The van der Waals surface area contributed by atoms with E-state index in [9.17, 15) is 4.39 Å². The summed E-state index contributed by atoms with van der Waals surface area (Å²) in [6.07, 6.45) is 4.06. The van der Waals surface area contributed by atoms with E-state index < -0.39 is 0 Å². The number of hydrogen-bond donors (Lipinski definition) is 1. The van der Waals surface area contributed by atoms with Crippen molar-refractivity contribution in [2.75, 3.05) is 12.8 Å². The van der Waals surface area contributed by atoms with Crippen molar-refractivity contribution in [3.63, 3.8) is 0 Å². The number of pyridine rings is 1. The van der Waals surface area contributed by atoms with Gasteiger partial charge in [-0.1, -0.05) is 0 Å². The largest absolute Gasteiger partial charge is 0.309 e. The molecule has 3 rings (SSSR count). The predicted octanol–water partition coefficient (Wildman–Crippen LogP) is 3.38. The number of fused-ring (bicyclic) bond motifs is 1. The molecule has 0 saturated heterocycles. The molecule has 1 aliphatic rings. The Bertz CT molecular complexity index is 559. The summed E-state index contributed by atoms with van der Waals surface area (Å²) in [7, 11) is 1.87. The highest BCUT2D eigenvalue weighted by atomic mass is 32.2. The van der Waals surface area contributed by atoms with Crippen molar-refractivity contribution in [2.24, 2.45) is 0 Å². The van der Waals surface area contributed by atoms with Gasteiger partial charge in [0.1, 0.15) is 5.82 Å². The van der Waals surface area contributed by atoms with Crippen molar-refractivity contribution in [1.29, 1.82) is 0 Å². The second-order valence-electron chi connectivity index (χ2n) is 4.52. The number of nitrogens with one attached hydrogen (secondary N) is 1. The summed E-state index contributed by atoms with van der Waals surface area (Å²) in [6.45, 7) is 0. The predicted molar refractivity (Wildman–Crippen MR) is 79.3 cm³/mol. The number of thioether (sulfide) groups is 1. The van der Waals surface area contributed by atoms with Crippen LogP contribution in [0.15, 0.2) is 24.5 Å². The second-order valence-corrected chi connectivity index (χ2v) is 6.79. The van der Waals surface area contributed by atoms with Gasteiger partial charge in [0.15, 0.2) is 0 Å². The molecule has 19 heavy (non-hydrogen) atoms. The van der Waals surface area contributed by atoms with E-state index in [1.165, 1.54) is 27.3 Å². The number of rotatable bonds is 3. The van der Waals surface area contributed by atoms with Gasteiger partial charge in [-0.2, -0.15) is 11.8 Å². The van der Waals surface area contributed by atoms with Gasteiger partial charge in [-0.3, -0.25) is 4.98 Å². The second kappa shape index (κ2) is 5.61. The molecule has 100 valence electrons. The van der Waals surface area contributed by atoms with Crippen molar-refractivity contribution in [3.05, 3.63) is 51.2 Å². The maximum Gasteiger partial charge on any atom is 0.146 e. The molecule has 2 nitrogen and oxygen atoms in total. The van der Waals surface area contributed by atoms with E-state index in [0.717, 1.165) is 12.2 Å². The molecule has 1 aliphatic heterocycles. The fourth-order valence-corrected chi connectivity index (χ4v) is 4.89. The number of aromatic nitrogens is 1. The highest BCUT2D eigenvalue weighted by molar-refractivity contribution is 7.98. The molecule has 0 amide bonds. The summed E-state index contributed by atoms with van der Waals surface area (Å²) in [5.74, 6) is 2.03. The first-order chi connectivity index (χ1) is 9.29. The van der Waals surface area contributed by atoms with Crippen LogP contribution >= 0.6 is 23.1 Å². The third kappa shape index (κ3) is 2.55. The van der Waals surface area contributed by atoms with Crippen molar-refractivity contribution < 1.29 is 4.39 Å². The minimum Gasteiger partial charge on any atom is -0.309 e. The number of thiophene rings is 1. The molecular formula is C14H15FN2S2. The SMILES string of the molecule is CNC(c1cc2c(s1)CCSC2)c1ccncc1F. The molecule has 0 fully saturated rings. The van der Waals surface area contributed by atoms with E-state index in [1.54, 1.807) is 12.3 Å². The van der Waals surface area contributed by atoms with Crippen LogP contribution in [0.1, 0.15) is 26.9 Å². The van der Waals surface area contributed by atoms with Crippen LogP contribution in [0, 0.1) is 5.82 Å². The molecule has 0 spiro atoms. The zero-order chi connectivity index (χ0) is 13.2. The molecule has 3 heterocycles. The van der Waals surface area contributed by atoms with E-state index in [4.69, 9.17) is 0 Å². The lowest BCUT2D eigenvalue weighted by Gasteiger charge is -2.15. The zero-order valence-electron chi connectivity index (χ0n) is 10.6. The summed E-state index contributed by atoms with van der Waals surface area (Å²) in [5.41, 5.74) is 2.09. The smallest absolute Gasteiger partial charge is 0.146 e. The summed E-state index contributed by atoms with van der Waals surface area (Å²) in [6, 6.07) is 3.90. The molecule has 0 bridgehead atoms. The van der Waals surface area contributed by atoms with Crippen LogP contribution in [0.25, 0.3) is 0 Å². The molecule has 0 saturated carbocycles. The fourth-order valence-electron chi connectivity index (χ4n) is 2.38. The van der Waals surface area contributed by atoms with Gasteiger partial charge in [-0.15, -0.1) is 11.3 Å². The maximum absolute atomic E-state index is 13.9. The first-order valence-electron chi connectivity index (χ1n) is 6.25. The minimum atomic E-state index is -0.248. The van der Waals surface area contributed by atoms with Gasteiger partial charge in [-0.25, -0.2) is 4.39 Å². The minimum absolute atomic E-state index is 0.0800. The Morgan fingerprint density at radius 3 is 3.11 bits per heavy atom. The lowest BCUT2D eigenvalue weighted by atomic mass is 10.1. The van der Waals surface area contributed by atoms with Gasteiger partial charge in [0.25, 0.3) is 0 Å². The fraction of sp³-hybridized carbons (Fsp3) is 0.357. The highest BCUT2D eigenvalue weighted by Crippen LogP contribution is 2.36. The summed E-state index contributed by atoms with van der Waals surface area (Å²) < 4.78 is 13.9. The van der Waals surface area contributed by atoms with E-state index in [0.29, 0.717) is 5.56 Å². The third-order valence-electron chi connectivity index (χ3n) is 3.33. The van der Waals surface area contributed by atoms with Crippen LogP contribution in [-0.2, 0) is 12.2 Å². The van der Waals surface area contributed by atoms with Crippen molar-refractivity contribution in [1.82, 2.24) is 10.3 Å². The normalized spacial score (nSPS) is 16.1. The summed E-state index contributed by atoms with van der Waals surface area (Å²) >= 11 is 3.78. The molecule has 0 aromatic carbocycles. The van der Waals surface area contributed by atoms with E-state index in [2.05, 4.69) is 16.4 Å². The van der Waals surface area contributed by atoms with Crippen LogP contribution < -0.4 is 5.32 Å². The van der Waals surface area contributed by atoms with Crippen LogP contribution in [0.3, 0.4) is 0 Å². The molecular weight excluding hydrogens is 279 g/mol.